The molecule has 2 aromatic carbocycles. The molecule has 39 heavy (non-hydrogen) atoms. The van der Waals surface area contributed by atoms with Gasteiger partial charge in [-0.05, 0) is 42.0 Å². The number of benzene rings is 2. The Balaban J connectivity index is 1.18. The Hall–Kier alpha value is -3.06. The molecule has 1 saturated carbocycles. The first-order valence-corrected chi connectivity index (χ1v) is 14.7. The lowest BCUT2D eigenvalue weighted by Crippen LogP contribution is -2.47. The maximum atomic E-state index is 13.8. The predicted octanol–water partition coefficient (Wildman–Crippen LogP) is 4.70. The van der Waals surface area contributed by atoms with Crippen LogP contribution in [0.3, 0.4) is 0 Å². The van der Waals surface area contributed by atoms with Crippen LogP contribution in [0.25, 0.3) is 0 Å². The minimum absolute atomic E-state index is 0.0275. The summed E-state index contributed by atoms with van der Waals surface area (Å²) in [6.07, 6.45) is 6.44. The third kappa shape index (κ3) is 6.75. The lowest BCUT2D eigenvalue weighted by molar-refractivity contribution is -0.136. The molecule has 0 bridgehead atoms. The van der Waals surface area contributed by atoms with Gasteiger partial charge in [-0.15, -0.1) is 0 Å². The first kappa shape index (κ1) is 27.5. The highest BCUT2D eigenvalue weighted by molar-refractivity contribution is 5.84. The van der Waals surface area contributed by atoms with Gasteiger partial charge in [-0.2, -0.15) is 0 Å². The van der Waals surface area contributed by atoms with Gasteiger partial charge in [0, 0.05) is 65.6 Å². The fourth-order valence-corrected chi connectivity index (χ4v) is 6.53. The lowest BCUT2D eigenvalue weighted by Gasteiger charge is -2.36. The molecule has 1 aliphatic carbocycles. The Bertz CT molecular complexity index is 1100. The van der Waals surface area contributed by atoms with E-state index in [1.807, 2.05) is 17.0 Å². The number of amides is 2. The van der Waals surface area contributed by atoms with Crippen molar-refractivity contribution >= 4 is 11.8 Å². The molecular weight excluding hydrogens is 490 g/mol. The number of piperidine rings is 1. The Kier molecular flexibility index (Phi) is 9.07. The molecular formula is C32H43N3O4. The van der Waals surface area contributed by atoms with Gasteiger partial charge in [0.05, 0.1) is 13.0 Å². The first-order chi connectivity index (χ1) is 19.0. The zero-order chi connectivity index (χ0) is 27.2. The van der Waals surface area contributed by atoms with Crippen molar-refractivity contribution in [3.8, 4) is 11.5 Å². The van der Waals surface area contributed by atoms with Crippen LogP contribution in [0.1, 0.15) is 62.5 Å². The second-order valence-electron chi connectivity index (χ2n) is 11.3. The largest absolute Gasteiger partial charge is 0.493 e. The number of ether oxygens (including phenoxy) is 2. The van der Waals surface area contributed by atoms with Gasteiger partial charge in [-0.3, -0.25) is 14.5 Å². The van der Waals surface area contributed by atoms with Crippen molar-refractivity contribution in [2.24, 2.45) is 5.92 Å². The quantitative estimate of drug-likeness (QED) is 0.492. The summed E-state index contributed by atoms with van der Waals surface area (Å²) >= 11 is 0. The minimum atomic E-state index is -0.0275. The maximum absolute atomic E-state index is 13.8. The van der Waals surface area contributed by atoms with Crippen LogP contribution in [0.15, 0.2) is 48.5 Å². The van der Waals surface area contributed by atoms with Gasteiger partial charge in [0.2, 0.25) is 11.8 Å². The summed E-state index contributed by atoms with van der Waals surface area (Å²) in [6, 6.07) is 16.6. The van der Waals surface area contributed by atoms with Gasteiger partial charge < -0.3 is 19.3 Å². The van der Waals surface area contributed by atoms with Crippen molar-refractivity contribution in [1.29, 1.82) is 0 Å². The minimum Gasteiger partial charge on any atom is -0.493 e. The molecule has 2 heterocycles. The second-order valence-corrected chi connectivity index (χ2v) is 11.3. The van der Waals surface area contributed by atoms with E-state index in [2.05, 4.69) is 46.2 Å². The van der Waals surface area contributed by atoms with Gasteiger partial charge in [0.1, 0.15) is 6.10 Å². The van der Waals surface area contributed by atoms with Crippen LogP contribution in [0, 0.1) is 5.92 Å². The predicted molar refractivity (Wildman–Crippen MR) is 152 cm³/mol. The van der Waals surface area contributed by atoms with Gasteiger partial charge in [-0.25, -0.2) is 0 Å². The number of methoxy groups -OCH3 is 1. The molecule has 1 unspecified atom stereocenters. The summed E-state index contributed by atoms with van der Waals surface area (Å²) < 4.78 is 12.1. The third-order valence-corrected chi connectivity index (χ3v) is 8.80. The highest BCUT2D eigenvalue weighted by atomic mass is 16.5. The summed E-state index contributed by atoms with van der Waals surface area (Å²) in [5, 5.41) is 0. The topological polar surface area (TPSA) is 62.3 Å². The average molecular weight is 534 g/mol. The summed E-state index contributed by atoms with van der Waals surface area (Å²) in [7, 11) is 1.68. The summed E-state index contributed by atoms with van der Waals surface area (Å²) in [5.41, 5.74) is 2.34. The van der Waals surface area contributed by atoms with E-state index in [0.717, 1.165) is 88.6 Å². The molecule has 0 aromatic heterocycles. The normalized spacial score (nSPS) is 20.2. The molecule has 7 heteroatoms. The molecule has 2 aromatic rings. The van der Waals surface area contributed by atoms with Crippen molar-refractivity contribution in [2.75, 3.05) is 46.4 Å². The average Bonchev–Trinajstić information content (AvgIpc) is 3.49. The highest BCUT2D eigenvalue weighted by Crippen LogP contribution is 2.39. The zero-order valence-electron chi connectivity index (χ0n) is 23.5. The molecule has 2 amide bonds. The van der Waals surface area contributed by atoms with Crippen molar-refractivity contribution in [2.45, 2.75) is 64.0 Å². The van der Waals surface area contributed by atoms with Crippen molar-refractivity contribution < 1.29 is 19.1 Å². The van der Waals surface area contributed by atoms with Crippen LogP contribution in [0.2, 0.25) is 0 Å². The van der Waals surface area contributed by atoms with Crippen LogP contribution < -0.4 is 9.47 Å². The Labute approximate surface area is 233 Å². The molecule has 3 fully saturated rings. The number of carbonyl (C=O) groups is 2. The molecule has 2 saturated heterocycles. The molecule has 7 nitrogen and oxygen atoms in total. The van der Waals surface area contributed by atoms with E-state index in [1.54, 1.807) is 14.0 Å². The van der Waals surface area contributed by atoms with E-state index in [-0.39, 0.29) is 23.8 Å². The number of piperazine rings is 1. The van der Waals surface area contributed by atoms with Crippen molar-refractivity contribution in [3.63, 3.8) is 0 Å². The van der Waals surface area contributed by atoms with Gasteiger partial charge in [0.15, 0.2) is 11.5 Å². The summed E-state index contributed by atoms with van der Waals surface area (Å²) in [4.78, 5) is 31.8. The van der Waals surface area contributed by atoms with E-state index < -0.39 is 0 Å². The number of hydrogen-bond donors (Lipinski definition) is 0. The molecule has 5 rings (SSSR count). The van der Waals surface area contributed by atoms with Gasteiger partial charge in [-0.1, -0.05) is 49.2 Å². The van der Waals surface area contributed by atoms with Gasteiger partial charge in [0.25, 0.3) is 0 Å². The summed E-state index contributed by atoms with van der Waals surface area (Å²) in [5.74, 6) is 2.37. The van der Waals surface area contributed by atoms with Crippen molar-refractivity contribution in [1.82, 2.24) is 14.7 Å². The molecule has 1 atom stereocenters. The Morgan fingerprint density at radius 2 is 1.54 bits per heavy atom. The van der Waals surface area contributed by atoms with Crippen LogP contribution in [0.4, 0.5) is 0 Å². The third-order valence-electron chi connectivity index (χ3n) is 8.80. The molecule has 2 aliphatic heterocycles. The smallest absolute Gasteiger partial charge is 0.230 e. The van der Waals surface area contributed by atoms with Crippen LogP contribution in [0.5, 0.6) is 11.5 Å². The SMILES string of the molecule is COc1ccc(CN2CCN(C(C)=O)CC2)cc1OC1CCN(C(=O)C(c2ccccc2)C2CCCC2)CC1. The number of hydrogen-bond acceptors (Lipinski definition) is 5. The van der Waals surface area contributed by atoms with Gasteiger partial charge >= 0.3 is 0 Å². The molecule has 0 spiro atoms. The monoisotopic (exact) mass is 533 g/mol. The fraction of sp³-hybridized carbons (Fsp3) is 0.562. The van der Waals surface area contributed by atoms with Crippen LogP contribution in [-0.2, 0) is 16.1 Å². The standard InChI is InChI=1S/C32H43N3O4/c1-24(36)34-20-18-33(19-21-34)23-25-12-13-29(38-2)30(22-25)39-28-14-16-35(17-15-28)32(37)31(27-10-6-7-11-27)26-8-4-3-5-9-26/h3-5,8-9,12-13,22,27-28,31H,6-7,10-11,14-21,23H2,1-2H3. The number of likely N-dealkylation sites (tertiary alicyclic amines) is 1. The van der Waals surface area contributed by atoms with Crippen LogP contribution in [-0.4, -0.2) is 79.0 Å². The van der Waals surface area contributed by atoms with Crippen LogP contribution >= 0.6 is 0 Å². The highest BCUT2D eigenvalue weighted by Gasteiger charge is 2.36. The zero-order valence-corrected chi connectivity index (χ0v) is 23.5. The molecule has 210 valence electrons. The lowest BCUT2D eigenvalue weighted by atomic mass is 9.83. The van der Waals surface area contributed by atoms with E-state index in [9.17, 15) is 9.59 Å². The van der Waals surface area contributed by atoms with E-state index in [0.29, 0.717) is 5.92 Å². The number of rotatable bonds is 8. The first-order valence-electron chi connectivity index (χ1n) is 14.7. The summed E-state index contributed by atoms with van der Waals surface area (Å²) in [6.45, 7) is 7.21. The molecule has 0 N–H and O–H groups in total. The van der Waals surface area contributed by atoms with E-state index in [1.165, 1.54) is 18.4 Å². The van der Waals surface area contributed by atoms with Crippen molar-refractivity contribution in [3.05, 3.63) is 59.7 Å². The number of nitrogens with zero attached hydrogens (tertiary/aromatic N) is 3. The maximum Gasteiger partial charge on any atom is 0.230 e. The molecule has 3 aliphatic rings. The van der Waals surface area contributed by atoms with E-state index in [4.69, 9.17) is 9.47 Å². The number of carbonyl (C=O) groups excluding carboxylic acids is 2. The Morgan fingerprint density at radius 1 is 0.846 bits per heavy atom. The fourth-order valence-electron chi connectivity index (χ4n) is 6.53. The molecule has 0 radical (unpaired) electrons. The second kappa shape index (κ2) is 12.9. The van der Waals surface area contributed by atoms with E-state index >= 15 is 0 Å². The Morgan fingerprint density at radius 3 is 2.18 bits per heavy atom.